The van der Waals surface area contributed by atoms with Gasteiger partial charge in [-0.15, -0.1) is 5.10 Å². The van der Waals surface area contributed by atoms with Crippen LogP contribution >= 0.6 is 11.8 Å². The number of para-hydroxylation sites is 1. The number of fused-ring (bicyclic) bond motifs is 1. The fraction of sp³-hybridized carbons (Fsp3) is 0.346. The molecule has 5 rings (SSSR count). The number of nitrogens with zero attached hydrogens (tertiary/aromatic N) is 4. The molecule has 1 aliphatic heterocycles. The normalized spacial score (nSPS) is 21.7. The van der Waals surface area contributed by atoms with Gasteiger partial charge in [-0.3, -0.25) is 0 Å². The summed E-state index contributed by atoms with van der Waals surface area (Å²) in [5, 5.41) is 15.9. The number of tetrazole rings is 1. The molecule has 1 saturated heterocycles. The maximum atomic E-state index is 6.58. The van der Waals surface area contributed by atoms with E-state index in [2.05, 4.69) is 78.8 Å². The molecule has 164 valence electrons. The van der Waals surface area contributed by atoms with Crippen molar-refractivity contribution in [3.05, 3.63) is 78.4 Å². The molecule has 3 atom stereocenters. The zero-order valence-electron chi connectivity index (χ0n) is 18.7. The van der Waals surface area contributed by atoms with Crippen molar-refractivity contribution in [1.29, 1.82) is 0 Å². The second-order valence-electron chi connectivity index (χ2n) is 9.07. The highest BCUT2D eigenvalue weighted by Crippen LogP contribution is 2.49. The Morgan fingerprint density at radius 3 is 2.50 bits per heavy atom. The van der Waals surface area contributed by atoms with E-state index in [0.717, 1.165) is 23.7 Å². The number of ether oxygens (including phenoxy) is 1. The second-order valence-corrected chi connectivity index (χ2v) is 10.7. The first-order valence-electron chi connectivity index (χ1n) is 11.2. The second kappa shape index (κ2) is 8.68. The first-order valence-corrected chi connectivity index (χ1v) is 12.0. The third-order valence-corrected chi connectivity index (χ3v) is 7.69. The average Bonchev–Trinajstić information content (AvgIpc) is 3.26. The van der Waals surface area contributed by atoms with E-state index >= 15 is 0 Å². The molecule has 3 aromatic carbocycles. The van der Waals surface area contributed by atoms with Gasteiger partial charge in [0.1, 0.15) is 0 Å². The van der Waals surface area contributed by atoms with Gasteiger partial charge in [0, 0.05) is 10.7 Å². The Hall–Kier alpha value is -2.70. The molecule has 4 aromatic rings. The highest BCUT2D eigenvalue weighted by atomic mass is 32.2. The molecule has 1 aliphatic rings. The first-order chi connectivity index (χ1) is 15.5. The molecule has 0 saturated carbocycles. The lowest BCUT2D eigenvalue weighted by atomic mass is 9.79. The van der Waals surface area contributed by atoms with Crippen molar-refractivity contribution in [2.75, 3.05) is 0 Å². The van der Waals surface area contributed by atoms with Crippen LogP contribution in [0, 0.1) is 5.92 Å². The minimum absolute atomic E-state index is 0.0342. The van der Waals surface area contributed by atoms with Crippen LogP contribution in [0.25, 0.3) is 16.5 Å². The Kier molecular flexibility index (Phi) is 5.74. The maximum Gasteiger partial charge on any atom is 0.214 e. The molecule has 0 radical (unpaired) electrons. The fourth-order valence-corrected chi connectivity index (χ4v) is 5.84. The van der Waals surface area contributed by atoms with Crippen molar-refractivity contribution < 1.29 is 4.74 Å². The molecule has 0 spiro atoms. The molecular formula is C26H28N4OS. The molecular weight excluding hydrogens is 416 g/mol. The van der Waals surface area contributed by atoms with E-state index in [0.29, 0.717) is 5.92 Å². The summed E-state index contributed by atoms with van der Waals surface area (Å²) in [6, 6.07) is 25.3. The lowest BCUT2D eigenvalue weighted by Crippen LogP contribution is -2.39. The molecule has 0 N–H and O–H groups in total. The number of benzene rings is 3. The number of hydrogen-bond acceptors (Lipinski definition) is 5. The third-order valence-electron chi connectivity index (χ3n) is 6.42. The molecule has 0 amide bonds. The van der Waals surface area contributed by atoms with Crippen molar-refractivity contribution in [3.8, 4) is 5.69 Å². The molecule has 1 aromatic heterocycles. The summed E-state index contributed by atoms with van der Waals surface area (Å²) in [6.45, 7) is 6.76. The maximum absolute atomic E-state index is 6.58. The third kappa shape index (κ3) is 4.17. The van der Waals surface area contributed by atoms with Gasteiger partial charge in [0.05, 0.1) is 17.9 Å². The van der Waals surface area contributed by atoms with Crippen molar-refractivity contribution >= 4 is 22.5 Å². The monoisotopic (exact) mass is 444 g/mol. The largest absolute Gasteiger partial charge is 0.370 e. The minimum Gasteiger partial charge on any atom is -0.370 e. The van der Waals surface area contributed by atoms with Crippen LogP contribution in [-0.4, -0.2) is 31.1 Å². The van der Waals surface area contributed by atoms with Gasteiger partial charge in [0.25, 0.3) is 0 Å². The summed E-state index contributed by atoms with van der Waals surface area (Å²) < 4.78 is 8.28. The van der Waals surface area contributed by atoms with Gasteiger partial charge < -0.3 is 4.74 Å². The summed E-state index contributed by atoms with van der Waals surface area (Å²) in [6.07, 6.45) is 2.44. The fourth-order valence-electron chi connectivity index (χ4n) is 4.67. The quantitative estimate of drug-likeness (QED) is 0.341. The van der Waals surface area contributed by atoms with Crippen LogP contribution in [-0.2, 0) is 4.74 Å². The Morgan fingerprint density at radius 2 is 1.69 bits per heavy atom. The van der Waals surface area contributed by atoms with Crippen LogP contribution < -0.4 is 0 Å². The van der Waals surface area contributed by atoms with Gasteiger partial charge in [-0.05, 0) is 78.6 Å². The van der Waals surface area contributed by atoms with E-state index < -0.39 is 0 Å². The van der Waals surface area contributed by atoms with E-state index in [1.54, 1.807) is 11.8 Å². The van der Waals surface area contributed by atoms with E-state index in [9.17, 15) is 0 Å². The molecule has 0 aliphatic carbocycles. The number of rotatable bonds is 5. The molecule has 1 unspecified atom stereocenters. The summed E-state index contributed by atoms with van der Waals surface area (Å²) in [4.78, 5) is 0. The Balaban J connectivity index is 1.46. The van der Waals surface area contributed by atoms with E-state index in [-0.39, 0.29) is 17.0 Å². The van der Waals surface area contributed by atoms with Crippen LogP contribution in [0.3, 0.4) is 0 Å². The van der Waals surface area contributed by atoms with Crippen LogP contribution in [0.15, 0.2) is 78.0 Å². The summed E-state index contributed by atoms with van der Waals surface area (Å²) in [5.74, 6) is 0.325. The van der Waals surface area contributed by atoms with Crippen LogP contribution in [0.5, 0.6) is 0 Å². The first kappa shape index (κ1) is 21.2. The lowest BCUT2D eigenvalue weighted by Gasteiger charge is -2.43. The van der Waals surface area contributed by atoms with Crippen LogP contribution in [0.1, 0.15) is 45.3 Å². The number of aromatic nitrogens is 4. The van der Waals surface area contributed by atoms with Gasteiger partial charge in [-0.25, -0.2) is 0 Å². The Morgan fingerprint density at radius 1 is 0.938 bits per heavy atom. The minimum atomic E-state index is -0.127. The molecule has 0 bridgehead atoms. The van der Waals surface area contributed by atoms with E-state index in [4.69, 9.17) is 4.74 Å². The van der Waals surface area contributed by atoms with Crippen molar-refractivity contribution in [3.63, 3.8) is 0 Å². The molecule has 2 heterocycles. The van der Waals surface area contributed by atoms with Crippen LogP contribution in [0.4, 0.5) is 0 Å². The zero-order valence-corrected chi connectivity index (χ0v) is 19.5. The van der Waals surface area contributed by atoms with Gasteiger partial charge in [-0.2, -0.15) is 4.68 Å². The Labute approximate surface area is 193 Å². The molecule has 6 heteroatoms. The zero-order chi connectivity index (χ0) is 22.1. The topological polar surface area (TPSA) is 52.8 Å². The van der Waals surface area contributed by atoms with Crippen molar-refractivity contribution in [2.24, 2.45) is 5.92 Å². The van der Waals surface area contributed by atoms with Gasteiger partial charge in [0.2, 0.25) is 5.16 Å². The molecule has 32 heavy (non-hydrogen) atoms. The highest BCUT2D eigenvalue weighted by molar-refractivity contribution is 8.00. The van der Waals surface area contributed by atoms with Crippen molar-refractivity contribution in [2.45, 2.75) is 55.7 Å². The highest BCUT2D eigenvalue weighted by Gasteiger charge is 2.42. The number of thioether (sulfide) groups is 1. The molecule has 1 fully saturated rings. The van der Waals surface area contributed by atoms with Gasteiger partial charge in [-0.1, -0.05) is 66.4 Å². The summed E-state index contributed by atoms with van der Waals surface area (Å²) in [7, 11) is 0. The van der Waals surface area contributed by atoms with Gasteiger partial charge in [0.15, 0.2) is 0 Å². The van der Waals surface area contributed by atoms with Crippen molar-refractivity contribution in [1.82, 2.24) is 20.2 Å². The lowest BCUT2D eigenvalue weighted by molar-refractivity contribution is -0.0846. The molecule has 5 nitrogen and oxygen atoms in total. The van der Waals surface area contributed by atoms with Gasteiger partial charge >= 0.3 is 0 Å². The van der Waals surface area contributed by atoms with E-state index in [1.807, 2.05) is 35.0 Å². The summed E-state index contributed by atoms with van der Waals surface area (Å²) >= 11 is 1.73. The average molecular weight is 445 g/mol. The number of hydrogen-bond donors (Lipinski definition) is 0. The standard InChI is InChI=1S/C26H28N4OS/c1-18-13-16-23(24(31-18)21-15-14-19-9-7-8-10-20(19)17-21)26(2,3)32-25-27-28-29-30(25)22-11-5-4-6-12-22/h4-12,14-15,17-18,23-24H,13,16H2,1-3H3/t18-,23-,24?/m1/s1. The van der Waals surface area contributed by atoms with E-state index in [1.165, 1.54) is 16.3 Å². The smallest absolute Gasteiger partial charge is 0.214 e. The SMILES string of the molecule is C[C@@H]1CC[C@@H](C(C)(C)Sc2nnnn2-c2ccccc2)C(c2ccc3ccccc3c2)O1. The van der Waals surface area contributed by atoms with Crippen LogP contribution in [0.2, 0.25) is 0 Å². The predicted octanol–water partition coefficient (Wildman–Crippen LogP) is 6.24. The summed E-state index contributed by atoms with van der Waals surface area (Å²) in [5.41, 5.74) is 2.21. The predicted molar refractivity (Wildman–Crippen MR) is 129 cm³/mol. The Bertz CT molecular complexity index is 1210.